The zero-order chi connectivity index (χ0) is 10.3. The van der Waals surface area contributed by atoms with Gasteiger partial charge >= 0.3 is 0 Å². The molecule has 1 aromatic rings. The molecule has 80 valence electrons. The number of nitrogens with zero attached hydrogens (tertiary/aromatic N) is 1. The van der Waals surface area contributed by atoms with Crippen molar-refractivity contribution in [2.45, 2.75) is 39.0 Å². The molecule has 1 heterocycles. The number of aryl methyl sites for hydroxylation is 2. The summed E-state index contributed by atoms with van der Waals surface area (Å²) in [6, 6.07) is 4.38. The number of hydrogen-bond acceptors (Lipinski definition) is 2. The van der Waals surface area contributed by atoms with E-state index in [0.29, 0.717) is 5.41 Å². The Hall–Kier alpha value is -1.05. The topological polar surface area (TPSA) is 24.9 Å². The molecule has 2 heteroatoms. The van der Waals surface area contributed by atoms with Crippen LogP contribution in [0.4, 0.5) is 5.82 Å². The third kappa shape index (κ3) is 1.85. The Morgan fingerprint density at radius 1 is 1.33 bits per heavy atom. The average molecular weight is 202 g/mol. The third-order valence-corrected chi connectivity index (χ3v) is 3.73. The summed E-state index contributed by atoms with van der Waals surface area (Å²) in [7, 11) is 0. The van der Waals surface area contributed by atoms with Gasteiger partial charge in [0.15, 0.2) is 0 Å². The van der Waals surface area contributed by atoms with E-state index in [1.165, 1.54) is 43.4 Å². The van der Waals surface area contributed by atoms with Gasteiger partial charge in [0.2, 0.25) is 0 Å². The van der Waals surface area contributed by atoms with Crippen LogP contribution in [-0.2, 0) is 12.8 Å². The maximum Gasteiger partial charge on any atom is 0.126 e. The molecular formula is C13H18N2. The first-order valence-corrected chi connectivity index (χ1v) is 5.98. The quantitative estimate of drug-likeness (QED) is 0.815. The van der Waals surface area contributed by atoms with E-state index < -0.39 is 0 Å². The number of pyridine rings is 1. The Balaban J connectivity index is 1.70. The van der Waals surface area contributed by atoms with E-state index in [0.717, 1.165) is 12.4 Å². The van der Waals surface area contributed by atoms with E-state index in [9.17, 15) is 0 Å². The fourth-order valence-corrected chi connectivity index (χ4v) is 2.21. The fourth-order valence-electron chi connectivity index (χ4n) is 2.21. The lowest BCUT2D eigenvalue weighted by molar-refractivity contribution is 0.609. The lowest BCUT2D eigenvalue weighted by Crippen LogP contribution is -2.13. The van der Waals surface area contributed by atoms with Crippen molar-refractivity contribution in [3.05, 3.63) is 23.4 Å². The summed E-state index contributed by atoms with van der Waals surface area (Å²) >= 11 is 0. The molecule has 2 nitrogen and oxygen atoms in total. The van der Waals surface area contributed by atoms with Gasteiger partial charge in [-0.1, -0.05) is 13.0 Å². The zero-order valence-electron chi connectivity index (χ0n) is 9.34. The molecule has 0 aromatic carbocycles. The second kappa shape index (κ2) is 3.22. The second-order valence-corrected chi connectivity index (χ2v) is 5.32. The van der Waals surface area contributed by atoms with Gasteiger partial charge < -0.3 is 5.32 Å². The molecule has 15 heavy (non-hydrogen) atoms. The molecule has 0 unspecified atom stereocenters. The van der Waals surface area contributed by atoms with E-state index in [1.54, 1.807) is 0 Å². The minimum Gasteiger partial charge on any atom is -0.370 e. The summed E-state index contributed by atoms with van der Waals surface area (Å²) in [6.45, 7) is 3.42. The van der Waals surface area contributed by atoms with E-state index in [2.05, 4.69) is 29.4 Å². The van der Waals surface area contributed by atoms with E-state index in [4.69, 9.17) is 0 Å². The van der Waals surface area contributed by atoms with Crippen molar-refractivity contribution in [3.63, 3.8) is 0 Å². The lowest BCUT2D eigenvalue weighted by Gasteiger charge is -2.11. The monoisotopic (exact) mass is 202 g/mol. The highest BCUT2D eigenvalue weighted by Crippen LogP contribution is 2.44. The summed E-state index contributed by atoms with van der Waals surface area (Å²) in [5.41, 5.74) is 3.33. The Morgan fingerprint density at radius 2 is 2.20 bits per heavy atom. The van der Waals surface area contributed by atoms with Crippen LogP contribution in [0.25, 0.3) is 0 Å². The highest BCUT2D eigenvalue weighted by molar-refractivity contribution is 5.40. The predicted octanol–water partition coefficient (Wildman–Crippen LogP) is 2.78. The van der Waals surface area contributed by atoms with Crippen molar-refractivity contribution in [1.82, 2.24) is 4.98 Å². The van der Waals surface area contributed by atoms with E-state index >= 15 is 0 Å². The van der Waals surface area contributed by atoms with Crippen LogP contribution in [0.2, 0.25) is 0 Å². The van der Waals surface area contributed by atoms with Gasteiger partial charge in [-0.05, 0) is 49.1 Å². The van der Waals surface area contributed by atoms with Crippen molar-refractivity contribution in [2.75, 3.05) is 11.9 Å². The van der Waals surface area contributed by atoms with Gasteiger partial charge in [-0.3, -0.25) is 0 Å². The number of fused-ring (bicyclic) bond motifs is 1. The van der Waals surface area contributed by atoms with Crippen molar-refractivity contribution in [1.29, 1.82) is 0 Å². The molecule has 1 N–H and O–H groups in total. The summed E-state index contributed by atoms with van der Waals surface area (Å²) in [5.74, 6) is 1.07. The minimum absolute atomic E-state index is 0.556. The van der Waals surface area contributed by atoms with Crippen LogP contribution < -0.4 is 5.32 Å². The highest BCUT2D eigenvalue weighted by atomic mass is 15.0. The molecule has 0 amide bonds. The van der Waals surface area contributed by atoms with Crippen LogP contribution in [0.5, 0.6) is 0 Å². The maximum absolute atomic E-state index is 4.67. The second-order valence-electron chi connectivity index (χ2n) is 5.32. The number of aromatic nitrogens is 1. The summed E-state index contributed by atoms with van der Waals surface area (Å²) in [5, 5.41) is 3.47. The average Bonchev–Trinajstić information content (AvgIpc) is 2.80. The molecule has 1 aromatic heterocycles. The molecule has 2 aliphatic rings. The predicted molar refractivity (Wildman–Crippen MR) is 62.1 cm³/mol. The first-order valence-electron chi connectivity index (χ1n) is 5.98. The molecular weight excluding hydrogens is 184 g/mol. The Bertz CT molecular complexity index is 380. The van der Waals surface area contributed by atoms with Crippen LogP contribution in [0.1, 0.15) is 37.4 Å². The molecule has 1 saturated carbocycles. The first-order chi connectivity index (χ1) is 7.25. The fraction of sp³-hybridized carbons (Fsp3) is 0.615. The van der Waals surface area contributed by atoms with Crippen LogP contribution in [0.3, 0.4) is 0 Å². The van der Waals surface area contributed by atoms with Crippen LogP contribution in [0.15, 0.2) is 12.1 Å². The minimum atomic E-state index is 0.556. The number of hydrogen-bond donors (Lipinski definition) is 1. The van der Waals surface area contributed by atoms with Crippen LogP contribution >= 0.6 is 0 Å². The molecule has 3 rings (SSSR count). The molecule has 0 spiro atoms. The largest absolute Gasteiger partial charge is 0.370 e. The zero-order valence-corrected chi connectivity index (χ0v) is 9.34. The van der Waals surface area contributed by atoms with E-state index in [1.807, 2.05) is 0 Å². The Labute approximate surface area is 91.1 Å². The smallest absolute Gasteiger partial charge is 0.126 e. The summed E-state index contributed by atoms with van der Waals surface area (Å²) in [4.78, 5) is 4.67. The molecule has 0 atom stereocenters. The first kappa shape index (κ1) is 9.20. The van der Waals surface area contributed by atoms with Gasteiger partial charge in [0, 0.05) is 12.2 Å². The summed E-state index contributed by atoms with van der Waals surface area (Å²) < 4.78 is 0. The van der Waals surface area contributed by atoms with Gasteiger partial charge in [0.1, 0.15) is 5.82 Å². The maximum atomic E-state index is 4.67. The van der Waals surface area contributed by atoms with Gasteiger partial charge in [-0.25, -0.2) is 4.98 Å². The molecule has 0 aliphatic heterocycles. The Morgan fingerprint density at radius 3 is 3.00 bits per heavy atom. The highest BCUT2D eigenvalue weighted by Gasteiger charge is 2.36. The van der Waals surface area contributed by atoms with Gasteiger partial charge in [0.25, 0.3) is 0 Å². The SMILES string of the molecule is CC1(CNc2ccc3c(n2)CCC3)CC1. The van der Waals surface area contributed by atoms with Crippen LogP contribution in [-0.4, -0.2) is 11.5 Å². The van der Waals surface area contributed by atoms with Gasteiger partial charge in [-0.15, -0.1) is 0 Å². The van der Waals surface area contributed by atoms with Gasteiger partial charge in [-0.2, -0.15) is 0 Å². The lowest BCUT2D eigenvalue weighted by atomic mass is 10.1. The van der Waals surface area contributed by atoms with Crippen molar-refractivity contribution in [2.24, 2.45) is 5.41 Å². The normalized spacial score (nSPS) is 21.1. The van der Waals surface area contributed by atoms with Gasteiger partial charge in [0.05, 0.1) is 0 Å². The standard InChI is InChI=1S/C13H18N2/c1-13(7-8-13)9-14-12-6-5-10-3-2-4-11(10)15-12/h5-6H,2-4,7-9H2,1H3,(H,14,15). The molecule has 0 bridgehead atoms. The molecule has 0 saturated heterocycles. The molecule has 0 radical (unpaired) electrons. The molecule has 1 fully saturated rings. The Kier molecular flexibility index (Phi) is 1.98. The van der Waals surface area contributed by atoms with Crippen LogP contribution in [0, 0.1) is 5.41 Å². The van der Waals surface area contributed by atoms with Crippen molar-refractivity contribution in [3.8, 4) is 0 Å². The van der Waals surface area contributed by atoms with E-state index in [-0.39, 0.29) is 0 Å². The number of anilines is 1. The summed E-state index contributed by atoms with van der Waals surface area (Å²) in [6.07, 6.45) is 6.40. The van der Waals surface area contributed by atoms with Crippen molar-refractivity contribution >= 4 is 5.82 Å². The number of nitrogens with one attached hydrogen (secondary N) is 1. The van der Waals surface area contributed by atoms with Crippen molar-refractivity contribution < 1.29 is 0 Å². The number of rotatable bonds is 3. The molecule has 2 aliphatic carbocycles. The third-order valence-electron chi connectivity index (χ3n) is 3.73.